The Kier molecular flexibility index (Phi) is 3.62. The highest BCUT2D eigenvalue weighted by Gasteiger charge is 2.11. The number of fused-ring (bicyclic) bond motifs is 1. The predicted octanol–water partition coefficient (Wildman–Crippen LogP) is 3.75. The number of rotatable bonds is 4. The Labute approximate surface area is 140 Å². The molecule has 0 saturated heterocycles. The maximum atomic E-state index is 5.38. The molecule has 0 radical (unpaired) electrons. The smallest absolute Gasteiger partial charge is 0.253 e. The number of aryl methyl sites for hydroxylation is 2. The number of thioether (sulfide) groups is 1. The second kappa shape index (κ2) is 5.78. The lowest BCUT2D eigenvalue weighted by molar-refractivity contribution is 0.427. The molecule has 0 bridgehead atoms. The Balaban J connectivity index is 1.52. The fourth-order valence-corrected chi connectivity index (χ4v) is 3.63. The molecule has 0 amide bonds. The maximum absolute atomic E-state index is 5.38. The third-order valence-corrected chi connectivity index (χ3v) is 5.03. The summed E-state index contributed by atoms with van der Waals surface area (Å²) in [6.45, 7) is 3.95. The average molecular weight is 343 g/mol. The summed E-state index contributed by atoms with van der Waals surface area (Å²) < 4.78 is 7.14. The van der Waals surface area contributed by atoms with E-state index in [1.165, 1.54) is 11.8 Å². The van der Waals surface area contributed by atoms with Crippen LogP contribution in [0.2, 0.25) is 0 Å². The third kappa shape index (κ3) is 2.87. The van der Waals surface area contributed by atoms with E-state index in [4.69, 9.17) is 4.52 Å². The van der Waals surface area contributed by atoms with Gasteiger partial charge in [-0.2, -0.15) is 4.98 Å². The van der Waals surface area contributed by atoms with Crippen LogP contribution in [0, 0.1) is 13.8 Å². The van der Waals surface area contributed by atoms with E-state index in [0.29, 0.717) is 16.7 Å². The van der Waals surface area contributed by atoms with Crippen molar-refractivity contribution >= 4 is 28.9 Å². The van der Waals surface area contributed by atoms with E-state index in [1.807, 2.05) is 43.5 Å². The fourth-order valence-electron chi connectivity index (χ4n) is 2.26. The molecule has 8 heteroatoms. The van der Waals surface area contributed by atoms with E-state index >= 15 is 0 Å². The van der Waals surface area contributed by atoms with Crippen molar-refractivity contribution in [1.82, 2.24) is 24.7 Å². The zero-order valence-electron chi connectivity index (χ0n) is 12.6. The topological polar surface area (TPSA) is 69.1 Å². The zero-order chi connectivity index (χ0) is 15.8. The summed E-state index contributed by atoms with van der Waals surface area (Å²) >= 11 is 3.16. The van der Waals surface area contributed by atoms with Crippen LogP contribution in [-0.2, 0) is 5.75 Å². The van der Waals surface area contributed by atoms with E-state index in [2.05, 4.69) is 20.2 Å². The minimum atomic E-state index is 0.629. The van der Waals surface area contributed by atoms with Crippen LogP contribution in [-0.4, -0.2) is 24.7 Å². The first kappa shape index (κ1) is 14.4. The molecule has 0 atom stereocenters. The molecule has 0 N–H and O–H groups in total. The van der Waals surface area contributed by atoms with Crippen molar-refractivity contribution in [2.24, 2.45) is 0 Å². The number of aromatic nitrogens is 5. The molecule has 6 nitrogen and oxygen atoms in total. The molecular formula is C15H13N5OS2. The van der Waals surface area contributed by atoms with E-state index < -0.39 is 0 Å². The number of thiophene rings is 1. The Morgan fingerprint density at radius 1 is 1.26 bits per heavy atom. The molecule has 0 aliphatic rings. The Morgan fingerprint density at radius 2 is 2.17 bits per heavy atom. The van der Waals surface area contributed by atoms with Gasteiger partial charge in [0.1, 0.15) is 0 Å². The van der Waals surface area contributed by atoms with E-state index in [1.54, 1.807) is 15.9 Å². The van der Waals surface area contributed by atoms with Gasteiger partial charge in [0, 0.05) is 23.2 Å². The van der Waals surface area contributed by atoms with Crippen LogP contribution < -0.4 is 0 Å². The minimum absolute atomic E-state index is 0.629. The van der Waals surface area contributed by atoms with Crippen molar-refractivity contribution in [3.8, 4) is 10.6 Å². The maximum Gasteiger partial charge on any atom is 0.253 e. The summed E-state index contributed by atoms with van der Waals surface area (Å²) in [5.41, 5.74) is 2.84. The van der Waals surface area contributed by atoms with Crippen LogP contribution in [0.4, 0.5) is 0 Å². The summed E-state index contributed by atoms with van der Waals surface area (Å²) in [6.07, 6.45) is 0. The van der Waals surface area contributed by atoms with Gasteiger partial charge in [0.2, 0.25) is 5.16 Å². The Hall–Kier alpha value is -2.19. The SMILES string of the molecule is Cc1cc(C)n2nc(SCc3cc(-c4cccs4)on3)nc2n1. The number of nitrogens with zero attached hydrogens (tertiary/aromatic N) is 5. The van der Waals surface area contributed by atoms with E-state index in [9.17, 15) is 0 Å². The summed E-state index contributed by atoms with van der Waals surface area (Å²) in [5.74, 6) is 2.08. The Morgan fingerprint density at radius 3 is 3.00 bits per heavy atom. The van der Waals surface area contributed by atoms with Crippen LogP contribution in [0.25, 0.3) is 16.4 Å². The molecule has 4 heterocycles. The van der Waals surface area contributed by atoms with Gasteiger partial charge in [0.25, 0.3) is 5.78 Å². The van der Waals surface area contributed by atoms with Gasteiger partial charge >= 0.3 is 0 Å². The second-order valence-electron chi connectivity index (χ2n) is 5.09. The third-order valence-electron chi connectivity index (χ3n) is 3.27. The molecule has 116 valence electrons. The molecule has 0 unspecified atom stereocenters. The van der Waals surface area contributed by atoms with Gasteiger partial charge in [-0.1, -0.05) is 23.0 Å². The van der Waals surface area contributed by atoms with Gasteiger partial charge in [0.05, 0.1) is 10.6 Å². The van der Waals surface area contributed by atoms with Crippen molar-refractivity contribution in [3.05, 3.63) is 46.7 Å². The Bertz CT molecular complexity index is 958. The van der Waals surface area contributed by atoms with E-state index in [0.717, 1.165) is 27.7 Å². The molecule has 4 aromatic rings. The fraction of sp³-hybridized carbons (Fsp3) is 0.200. The van der Waals surface area contributed by atoms with Gasteiger partial charge in [-0.25, -0.2) is 9.50 Å². The van der Waals surface area contributed by atoms with Gasteiger partial charge < -0.3 is 4.52 Å². The standard InChI is InChI=1S/C15H13N5OS2/c1-9-6-10(2)20-14(16-9)17-15(18-20)23-8-11-7-12(21-19-11)13-4-3-5-22-13/h3-7H,8H2,1-2H3. The van der Waals surface area contributed by atoms with Crippen molar-refractivity contribution in [2.75, 3.05) is 0 Å². The van der Waals surface area contributed by atoms with Crippen molar-refractivity contribution < 1.29 is 4.52 Å². The minimum Gasteiger partial charge on any atom is -0.355 e. The quantitative estimate of drug-likeness (QED) is 0.526. The molecule has 0 aliphatic heterocycles. The lowest BCUT2D eigenvalue weighted by Crippen LogP contribution is -1.97. The first-order valence-electron chi connectivity index (χ1n) is 7.02. The highest BCUT2D eigenvalue weighted by Crippen LogP contribution is 2.27. The van der Waals surface area contributed by atoms with Crippen molar-refractivity contribution in [1.29, 1.82) is 0 Å². The summed E-state index contributed by atoms with van der Waals surface area (Å²) in [5, 5.41) is 11.3. The van der Waals surface area contributed by atoms with Crippen LogP contribution in [0.15, 0.2) is 39.3 Å². The lowest BCUT2D eigenvalue weighted by atomic mass is 10.3. The summed E-state index contributed by atoms with van der Waals surface area (Å²) in [6, 6.07) is 7.96. The van der Waals surface area contributed by atoms with Crippen LogP contribution in [0.5, 0.6) is 0 Å². The summed E-state index contributed by atoms with van der Waals surface area (Å²) in [4.78, 5) is 9.93. The largest absolute Gasteiger partial charge is 0.355 e. The van der Waals surface area contributed by atoms with Crippen molar-refractivity contribution in [2.45, 2.75) is 24.8 Å². The van der Waals surface area contributed by atoms with Gasteiger partial charge in [-0.15, -0.1) is 16.4 Å². The highest BCUT2D eigenvalue weighted by molar-refractivity contribution is 7.98. The van der Waals surface area contributed by atoms with Gasteiger partial charge in [-0.05, 0) is 31.4 Å². The molecule has 0 aromatic carbocycles. The first-order valence-corrected chi connectivity index (χ1v) is 8.89. The van der Waals surface area contributed by atoms with Crippen LogP contribution in [0.1, 0.15) is 17.1 Å². The molecule has 0 spiro atoms. The summed E-state index contributed by atoms with van der Waals surface area (Å²) in [7, 11) is 0. The predicted molar refractivity (Wildman–Crippen MR) is 89.6 cm³/mol. The highest BCUT2D eigenvalue weighted by atomic mass is 32.2. The van der Waals surface area contributed by atoms with Gasteiger partial charge in [0.15, 0.2) is 5.76 Å². The van der Waals surface area contributed by atoms with E-state index in [-0.39, 0.29) is 0 Å². The molecular weight excluding hydrogens is 330 g/mol. The molecule has 0 aliphatic carbocycles. The second-order valence-corrected chi connectivity index (χ2v) is 6.98. The van der Waals surface area contributed by atoms with Crippen LogP contribution in [0.3, 0.4) is 0 Å². The molecule has 0 fully saturated rings. The normalized spacial score (nSPS) is 11.4. The van der Waals surface area contributed by atoms with Crippen LogP contribution >= 0.6 is 23.1 Å². The number of hydrogen-bond acceptors (Lipinski definition) is 7. The zero-order valence-corrected chi connectivity index (χ0v) is 14.2. The average Bonchev–Trinajstić information content (AvgIpc) is 3.24. The van der Waals surface area contributed by atoms with Gasteiger partial charge in [-0.3, -0.25) is 0 Å². The molecule has 0 saturated carbocycles. The van der Waals surface area contributed by atoms with Crippen molar-refractivity contribution in [3.63, 3.8) is 0 Å². The lowest BCUT2D eigenvalue weighted by Gasteiger charge is -1.97. The molecule has 4 rings (SSSR count). The monoisotopic (exact) mass is 343 g/mol. The molecule has 23 heavy (non-hydrogen) atoms. The first-order chi connectivity index (χ1) is 11.2. The number of hydrogen-bond donors (Lipinski definition) is 0. The molecule has 4 aromatic heterocycles.